The first-order valence-electron chi connectivity index (χ1n) is 4.84. The maximum atomic E-state index is 11.6. The Bertz CT molecular complexity index is 432. The Morgan fingerprint density at radius 3 is 3.19 bits per heavy atom. The van der Waals surface area contributed by atoms with E-state index in [4.69, 9.17) is 11.6 Å². The molecule has 0 aliphatic carbocycles. The number of fused-ring (bicyclic) bond motifs is 1. The predicted octanol–water partition coefficient (Wildman–Crippen LogP) is 0.996. The van der Waals surface area contributed by atoms with Gasteiger partial charge in [0.15, 0.2) is 5.13 Å². The highest BCUT2D eigenvalue weighted by molar-refractivity contribution is 7.17. The van der Waals surface area contributed by atoms with Crippen LogP contribution in [-0.2, 0) is 11.2 Å². The molecule has 1 aromatic heterocycles. The summed E-state index contributed by atoms with van der Waals surface area (Å²) in [7, 11) is 0. The smallest absolute Gasteiger partial charge is 0.263 e. The fraction of sp³-hybridized carbons (Fsp3) is 0.444. The van der Waals surface area contributed by atoms with E-state index < -0.39 is 0 Å². The summed E-state index contributed by atoms with van der Waals surface area (Å²) in [5, 5.41) is 5.76. The number of nitrogens with zero attached hydrogens (tertiary/aromatic N) is 1. The van der Waals surface area contributed by atoms with Gasteiger partial charge < -0.3 is 10.6 Å². The normalized spacial score (nSPS) is 14.9. The zero-order valence-corrected chi connectivity index (χ0v) is 9.95. The fourth-order valence-electron chi connectivity index (χ4n) is 1.44. The van der Waals surface area contributed by atoms with Crippen molar-refractivity contribution in [2.75, 3.05) is 17.7 Å². The van der Waals surface area contributed by atoms with Gasteiger partial charge in [-0.25, -0.2) is 4.98 Å². The monoisotopic (exact) mass is 259 g/mol. The number of hydrogen-bond donors (Lipinski definition) is 2. The number of amides is 2. The summed E-state index contributed by atoms with van der Waals surface area (Å²) < 4.78 is 0. The lowest BCUT2D eigenvalue weighted by Crippen LogP contribution is -2.21. The number of halogens is 1. The van der Waals surface area contributed by atoms with E-state index in [2.05, 4.69) is 15.6 Å². The van der Waals surface area contributed by atoms with Gasteiger partial charge in [-0.05, 0) is 12.8 Å². The maximum absolute atomic E-state index is 11.6. The highest BCUT2D eigenvalue weighted by atomic mass is 35.5. The molecule has 0 unspecified atom stereocenters. The quantitative estimate of drug-likeness (QED) is 0.779. The fourth-order valence-corrected chi connectivity index (χ4v) is 2.45. The van der Waals surface area contributed by atoms with Crippen LogP contribution in [0.25, 0.3) is 0 Å². The number of carbonyl (C=O) groups excluding carboxylic acids is 2. The van der Waals surface area contributed by atoms with Crippen molar-refractivity contribution in [1.29, 1.82) is 0 Å². The molecule has 0 fully saturated rings. The lowest BCUT2D eigenvalue weighted by atomic mass is 10.2. The minimum atomic E-state index is -0.314. The van der Waals surface area contributed by atoms with Gasteiger partial charge in [-0.15, -0.1) is 11.6 Å². The first-order valence-corrected chi connectivity index (χ1v) is 6.19. The number of alkyl halides is 1. The van der Waals surface area contributed by atoms with Crippen molar-refractivity contribution >= 4 is 39.9 Å². The second-order valence-electron chi connectivity index (χ2n) is 3.34. The molecule has 0 saturated carbocycles. The van der Waals surface area contributed by atoms with Crippen LogP contribution in [0.1, 0.15) is 21.8 Å². The molecule has 86 valence electrons. The molecule has 1 aliphatic rings. The van der Waals surface area contributed by atoms with Crippen LogP contribution < -0.4 is 10.6 Å². The molecule has 2 rings (SSSR count). The summed E-state index contributed by atoms with van der Waals surface area (Å²) in [5.74, 6) is -0.543. The number of aryl methyl sites for hydroxylation is 1. The van der Waals surface area contributed by atoms with Crippen molar-refractivity contribution < 1.29 is 9.59 Å². The van der Waals surface area contributed by atoms with Gasteiger partial charge in [-0.1, -0.05) is 11.3 Å². The van der Waals surface area contributed by atoms with Gasteiger partial charge in [0, 0.05) is 6.54 Å². The van der Waals surface area contributed by atoms with E-state index in [1.54, 1.807) is 0 Å². The molecule has 0 bridgehead atoms. The van der Waals surface area contributed by atoms with Crippen molar-refractivity contribution in [3.05, 3.63) is 10.6 Å². The van der Waals surface area contributed by atoms with Gasteiger partial charge in [0.05, 0.1) is 5.69 Å². The molecule has 2 heterocycles. The molecule has 0 atom stereocenters. The Labute approximate surface area is 101 Å². The van der Waals surface area contributed by atoms with Crippen LogP contribution in [0.4, 0.5) is 5.13 Å². The molecule has 2 amide bonds. The van der Waals surface area contributed by atoms with Crippen molar-refractivity contribution in [2.24, 2.45) is 0 Å². The largest absolute Gasteiger partial charge is 0.351 e. The van der Waals surface area contributed by atoms with Crippen LogP contribution in [0.2, 0.25) is 0 Å². The second-order valence-corrected chi connectivity index (χ2v) is 4.60. The number of anilines is 1. The first-order chi connectivity index (χ1) is 7.70. The van der Waals surface area contributed by atoms with E-state index in [1.807, 2.05) is 0 Å². The van der Waals surface area contributed by atoms with Crippen LogP contribution in [0.5, 0.6) is 0 Å². The standard InChI is InChI=1S/C9H10ClN3O2S/c10-4-6(14)13-9-12-5-2-1-3-11-8(15)7(5)16-9/h1-4H2,(H,11,15)(H,12,13,14). The van der Waals surface area contributed by atoms with E-state index >= 15 is 0 Å². The number of thiazole rings is 1. The van der Waals surface area contributed by atoms with Crippen molar-refractivity contribution in [3.63, 3.8) is 0 Å². The Balaban J connectivity index is 2.22. The van der Waals surface area contributed by atoms with Crippen LogP contribution in [0.15, 0.2) is 0 Å². The molecule has 16 heavy (non-hydrogen) atoms. The maximum Gasteiger partial charge on any atom is 0.263 e. The van der Waals surface area contributed by atoms with E-state index in [1.165, 1.54) is 11.3 Å². The Hall–Kier alpha value is -1.14. The molecule has 0 aromatic carbocycles. The molecular weight excluding hydrogens is 250 g/mol. The van der Waals surface area contributed by atoms with Gasteiger partial charge in [0.1, 0.15) is 10.8 Å². The summed E-state index contributed by atoms with van der Waals surface area (Å²) in [5.41, 5.74) is 0.755. The second kappa shape index (κ2) is 4.80. The van der Waals surface area contributed by atoms with Gasteiger partial charge in [-0.2, -0.15) is 0 Å². The zero-order chi connectivity index (χ0) is 11.5. The van der Waals surface area contributed by atoms with Crippen LogP contribution in [0.3, 0.4) is 0 Å². The molecule has 0 radical (unpaired) electrons. The average molecular weight is 260 g/mol. The number of hydrogen-bond acceptors (Lipinski definition) is 4. The van der Waals surface area contributed by atoms with Gasteiger partial charge in [0.2, 0.25) is 5.91 Å². The minimum Gasteiger partial charge on any atom is -0.351 e. The Kier molecular flexibility index (Phi) is 3.40. The lowest BCUT2D eigenvalue weighted by molar-refractivity contribution is -0.113. The van der Waals surface area contributed by atoms with E-state index in [9.17, 15) is 9.59 Å². The van der Waals surface area contributed by atoms with Gasteiger partial charge in [0.25, 0.3) is 5.91 Å². The molecule has 1 aromatic rings. The minimum absolute atomic E-state index is 0.114. The zero-order valence-electron chi connectivity index (χ0n) is 8.38. The van der Waals surface area contributed by atoms with Crippen LogP contribution in [-0.4, -0.2) is 29.2 Å². The summed E-state index contributed by atoms with van der Waals surface area (Å²) in [6, 6.07) is 0. The molecular formula is C9H10ClN3O2S. The molecule has 2 N–H and O–H groups in total. The average Bonchev–Trinajstić information content (AvgIpc) is 2.59. The number of aromatic nitrogens is 1. The molecule has 1 aliphatic heterocycles. The summed E-state index contributed by atoms with van der Waals surface area (Å²) in [6.45, 7) is 0.672. The van der Waals surface area contributed by atoms with Crippen LogP contribution >= 0.6 is 22.9 Å². The van der Waals surface area contributed by atoms with Gasteiger partial charge >= 0.3 is 0 Å². The van der Waals surface area contributed by atoms with Crippen molar-refractivity contribution in [1.82, 2.24) is 10.3 Å². The predicted molar refractivity (Wildman–Crippen MR) is 62.1 cm³/mol. The van der Waals surface area contributed by atoms with Crippen LogP contribution in [0, 0.1) is 0 Å². The third kappa shape index (κ3) is 2.33. The number of nitrogens with one attached hydrogen (secondary N) is 2. The molecule has 7 heteroatoms. The highest BCUT2D eigenvalue weighted by Crippen LogP contribution is 2.25. The van der Waals surface area contributed by atoms with E-state index in [-0.39, 0.29) is 17.7 Å². The van der Waals surface area contributed by atoms with Crippen molar-refractivity contribution in [3.8, 4) is 0 Å². The molecule has 5 nitrogen and oxygen atoms in total. The Morgan fingerprint density at radius 2 is 2.44 bits per heavy atom. The van der Waals surface area contributed by atoms with Gasteiger partial charge in [-0.3, -0.25) is 9.59 Å². The topological polar surface area (TPSA) is 71.1 Å². The highest BCUT2D eigenvalue weighted by Gasteiger charge is 2.20. The summed E-state index contributed by atoms with van der Waals surface area (Å²) in [4.78, 5) is 27.5. The third-order valence-electron chi connectivity index (χ3n) is 2.15. The molecule has 0 saturated heterocycles. The summed E-state index contributed by atoms with van der Waals surface area (Å²) in [6.07, 6.45) is 1.62. The first kappa shape index (κ1) is 11.3. The van der Waals surface area contributed by atoms with Crippen molar-refractivity contribution in [2.45, 2.75) is 12.8 Å². The third-order valence-corrected chi connectivity index (χ3v) is 3.40. The lowest BCUT2D eigenvalue weighted by Gasteiger charge is -1.97. The van der Waals surface area contributed by atoms with E-state index in [0.29, 0.717) is 16.6 Å². The number of rotatable bonds is 2. The van der Waals surface area contributed by atoms with E-state index in [0.717, 1.165) is 18.5 Å². The number of carbonyl (C=O) groups is 2. The molecule has 0 spiro atoms. The SMILES string of the molecule is O=C(CCl)Nc1nc2c(s1)C(=O)NCCC2. The summed E-state index contributed by atoms with van der Waals surface area (Å²) >= 11 is 6.56. The Morgan fingerprint density at radius 1 is 1.62 bits per heavy atom.